The Hall–Kier alpha value is -3.33. The van der Waals surface area contributed by atoms with E-state index in [0.29, 0.717) is 23.3 Å². The van der Waals surface area contributed by atoms with Gasteiger partial charge in [0.2, 0.25) is 0 Å². The molecule has 32 heavy (non-hydrogen) atoms. The van der Waals surface area contributed by atoms with E-state index >= 15 is 0 Å². The number of anilines is 2. The molecule has 2 heterocycles. The maximum absolute atomic E-state index is 12.8. The van der Waals surface area contributed by atoms with Crippen LogP contribution in [-0.2, 0) is 7.05 Å². The zero-order chi connectivity index (χ0) is 22.2. The molecule has 0 unspecified atom stereocenters. The second kappa shape index (κ2) is 8.31. The van der Waals surface area contributed by atoms with Crippen molar-refractivity contribution < 1.29 is 0 Å². The summed E-state index contributed by atoms with van der Waals surface area (Å²) in [7, 11) is 1.70. The minimum absolute atomic E-state index is 0.157. The number of aromatic nitrogens is 2. The second-order valence-electron chi connectivity index (χ2n) is 9.17. The maximum Gasteiger partial charge on any atom is 0.270 e. The number of para-hydroxylation sites is 1. The number of hydrogen-bond acceptors (Lipinski definition) is 5. The normalized spacial score (nSPS) is 20.7. The number of nitrogens with zero attached hydrogens (tertiary/aromatic N) is 4. The van der Waals surface area contributed by atoms with Crippen molar-refractivity contribution in [3.8, 4) is 6.07 Å². The number of fused-ring (bicyclic) bond motifs is 1. The molecule has 2 aromatic heterocycles. The molecule has 5 rings (SSSR count). The number of benzene rings is 1. The minimum atomic E-state index is -0.272. The third kappa shape index (κ3) is 3.73. The molecule has 3 aromatic rings. The first kappa shape index (κ1) is 20.6. The van der Waals surface area contributed by atoms with E-state index in [-0.39, 0.29) is 17.2 Å². The molecule has 0 atom stereocenters. The average Bonchev–Trinajstić information content (AvgIpc) is 3.64. The van der Waals surface area contributed by atoms with Crippen LogP contribution in [0.1, 0.15) is 49.8 Å². The molecule has 1 N–H and O–H groups in total. The van der Waals surface area contributed by atoms with E-state index in [1.165, 1.54) is 23.1 Å². The van der Waals surface area contributed by atoms with Crippen LogP contribution in [0.25, 0.3) is 11.0 Å². The Morgan fingerprint density at radius 3 is 2.31 bits per heavy atom. The summed E-state index contributed by atoms with van der Waals surface area (Å²) in [5.74, 6) is 0. The summed E-state index contributed by atoms with van der Waals surface area (Å²) >= 11 is 0. The predicted molar refractivity (Wildman–Crippen MR) is 128 cm³/mol. The molecule has 2 aliphatic rings. The molecule has 0 amide bonds. The van der Waals surface area contributed by atoms with Crippen LogP contribution in [0.15, 0.2) is 47.3 Å². The van der Waals surface area contributed by atoms with Gasteiger partial charge in [0.1, 0.15) is 17.1 Å². The highest BCUT2D eigenvalue weighted by molar-refractivity contribution is 5.91. The lowest BCUT2D eigenvalue weighted by molar-refractivity contribution is 0.387. The van der Waals surface area contributed by atoms with Gasteiger partial charge < -0.3 is 14.8 Å². The maximum atomic E-state index is 12.8. The predicted octanol–water partition coefficient (Wildman–Crippen LogP) is 4.51. The Morgan fingerprint density at radius 1 is 1.03 bits per heavy atom. The van der Waals surface area contributed by atoms with Crippen LogP contribution in [0.2, 0.25) is 0 Å². The van der Waals surface area contributed by atoms with Crippen LogP contribution < -0.4 is 15.8 Å². The van der Waals surface area contributed by atoms with E-state index in [1.54, 1.807) is 7.05 Å². The van der Waals surface area contributed by atoms with Crippen molar-refractivity contribution >= 4 is 22.4 Å². The summed E-state index contributed by atoms with van der Waals surface area (Å²) in [6.45, 7) is 1.93. The van der Waals surface area contributed by atoms with Crippen molar-refractivity contribution in [2.75, 3.05) is 10.2 Å². The molecule has 0 aliphatic heterocycles. The molecule has 0 spiro atoms. The molecule has 0 radical (unpaired) electrons. The zero-order valence-corrected chi connectivity index (χ0v) is 18.7. The van der Waals surface area contributed by atoms with Gasteiger partial charge in [-0.15, -0.1) is 0 Å². The first-order chi connectivity index (χ1) is 15.6. The summed E-state index contributed by atoms with van der Waals surface area (Å²) < 4.78 is 1.52. The lowest BCUT2D eigenvalue weighted by Gasteiger charge is -2.39. The lowest BCUT2D eigenvalue weighted by Crippen LogP contribution is -2.42. The fourth-order valence-electron chi connectivity index (χ4n) is 5.13. The van der Waals surface area contributed by atoms with Crippen molar-refractivity contribution in [1.29, 1.82) is 5.26 Å². The SMILES string of the molecule is Cc1ccc2c(n1)c(NC1CCC(N(c3ccccc3)C3CC3)CC1)c(C#N)c(=O)n2C. The van der Waals surface area contributed by atoms with E-state index in [1.807, 2.05) is 19.1 Å². The second-order valence-corrected chi connectivity index (χ2v) is 9.17. The van der Waals surface area contributed by atoms with Crippen molar-refractivity contribution in [3.05, 3.63) is 64.1 Å². The van der Waals surface area contributed by atoms with Gasteiger partial charge in [-0.2, -0.15) is 5.26 Å². The first-order valence-corrected chi connectivity index (χ1v) is 11.6. The van der Waals surface area contributed by atoms with Crippen LogP contribution in [-0.4, -0.2) is 27.7 Å². The quantitative estimate of drug-likeness (QED) is 0.649. The van der Waals surface area contributed by atoms with Crippen molar-refractivity contribution in [3.63, 3.8) is 0 Å². The fourth-order valence-corrected chi connectivity index (χ4v) is 5.13. The molecule has 2 aliphatic carbocycles. The van der Waals surface area contributed by atoms with Gasteiger partial charge in [-0.05, 0) is 69.7 Å². The Labute approximate surface area is 188 Å². The van der Waals surface area contributed by atoms with Crippen LogP contribution in [0.5, 0.6) is 0 Å². The van der Waals surface area contributed by atoms with Crippen LogP contribution in [0, 0.1) is 18.3 Å². The van der Waals surface area contributed by atoms with Gasteiger partial charge in [0.15, 0.2) is 0 Å². The molecule has 6 heteroatoms. The smallest absolute Gasteiger partial charge is 0.270 e. The van der Waals surface area contributed by atoms with Crippen molar-refractivity contribution in [2.45, 2.75) is 63.6 Å². The standard InChI is InChI=1S/C26H29N5O/c1-17-8-15-23-25(28-17)24(22(16-27)26(32)30(23)2)29-18-9-11-20(12-10-18)31(21-13-14-21)19-6-4-3-5-7-19/h3-8,15,18,20-21,29H,9-14H2,1-2H3. The zero-order valence-electron chi connectivity index (χ0n) is 18.7. The monoisotopic (exact) mass is 427 g/mol. The molecule has 164 valence electrons. The summed E-state index contributed by atoms with van der Waals surface area (Å²) in [5.41, 5.74) is 4.13. The average molecular weight is 428 g/mol. The van der Waals surface area contributed by atoms with Gasteiger partial charge in [0.05, 0.1) is 11.2 Å². The fraction of sp³-hybridized carbons (Fsp3) is 0.423. The molecule has 0 bridgehead atoms. The number of aryl methyl sites for hydroxylation is 2. The summed E-state index contributed by atoms with van der Waals surface area (Å²) in [6.07, 6.45) is 6.77. The summed E-state index contributed by atoms with van der Waals surface area (Å²) in [6, 6.07) is 18.2. The topological polar surface area (TPSA) is 74.0 Å². The third-order valence-corrected chi connectivity index (χ3v) is 6.92. The Kier molecular flexibility index (Phi) is 5.34. The number of rotatable bonds is 5. The largest absolute Gasteiger partial charge is 0.379 e. The van der Waals surface area contributed by atoms with E-state index in [4.69, 9.17) is 0 Å². The Balaban J connectivity index is 1.39. The number of pyridine rings is 2. The number of hydrogen-bond donors (Lipinski definition) is 1. The van der Waals surface area contributed by atoms with E-state index in [9.17, 15) is 10.1 Å². The van der Waals surface area contributed by atoms with Gasteiger partial charge in [0, 0.05) is 36.6 Å². The Bertz CT molecular complexity index is 1230. The molecule has 2 saturated carbocycles. The van der Waals surface area contributed by atoms with E-state index in [2.05, 4.69) is 51.6 Å². The summed E-state index contributed by atoms with van der Waals surface area (Å²) in [4.78, 5) is 20.1. The molecule has 6 nitrogen and oxygen atoms in total. The molecule has 2 fully saturated rings. The molecule has 1 aromatic carbocycles. The van der Waals surface area contributed by atoms with E-state index < -0.39 is 0 Å². The van der Waals surface area contributed by atoms with Crippen LogP contribution in [0.3, 0.4) is 0 Å². The van der Waals surface area contributed by atoms with Gasteiger partial charge in [-0.1, -0.05) is 18.2 Å². The van der Waals surface area contributed by atoms with Crippen molar-refractivity contribution in [1.82, 2.24) is 9.55 Å². The van der Waals surface area contributed by atoms with Crippen LogP contribution in [0.4, 0.5) is 11.4 Å². The van der Waals surface area contributed by atoms with Gasteiger partial charge in [-0.25, -0.2) is 4.98 Å². The third-order valence-electron chi connectivity index (χ3n) is 6.92. The van der Waals surface area contributed by atoms with E-state index in [0.717, 1.165) is 36.9 Å². The van der Waals surface area contributed by atoms with Gasteiger partial charge >= 0.3 is 0 Å². The molecular formula is C26H29N5O. The first-order valence-electron chi connectivity index (χ1n) is 11.6. The minimum Gasteiger partial charge on any atom is -0.379 e. The highest BCUT2D eigenvalue weighted by atomic mass is 16.1. The molecule has 0 saturated heterocycles. The van der Waals surface area contributed by atoms with Gasteiger partial charge in [0.25, 0.3) is 5.56 Å². The lowest BCUT2D eigenvalue weighted by atomic mass is 9.89. The highest BCUT2D eigenvalue weighted by Crippen LogP contribution is 2.38. The number of nitriles is 1. The number of nitrogens with one attached hydrogen (secondary N) is 1. The summed E-state index contributed by atoms with van der Waals surface area (Å²) in [5, 5.41) is 13.3. The highest BCUT2D eigenvalue weighted by Gasteiger charge is 2.36. The van der Waals surface area contributed by atoms with Gasteiger partial charge in [-0.3, -0.25) is 4.79 Å². The molecular weight excluding hydrogens is 398 g/mol. The van der Waals surface area contributed by atoms with Crippen LogP contribution >= 0.6 is 0 Å². The Morgan fingerprint density at radius 2 is 1.69 bits per heavy atom. The van der Waals surface area contributed by atoms with Crippen molar-refractivity contribution in [2.24, 2.45) is 7.05 Å².